The van der Waals surface area contributed by atoms with Gasteiger partial charge in [0.2, 0.25) is 5.91 Å². The maximum absolute atomic E-state index is 12.2. The Bertz CT molecular complexity index is 580. The van der Waals surface area contributed by atoms with E-state index in [4.69, 9.17) is 0 Å². The molecule has 0 aliphatic carbocycles. The first-order valence-corrected chi connectivity index (χ1v) is 8.21. The number of amides is 1. The molecule has 1 atom stereocenters. The van der Waals surface area contributed by atoms with Crippen molar-refractivity contribution in [3.8, 4) is 0 Å². The summed E-state index contributed by atoms with van der Waals surface area (Å²) in [7, 11) is 0. The van der Waals surface area contributed by atoms with Crippen molar-refractivity contribution in [1.29, 1.82) is 0 Å². The van der Waals surface area contributed by atoms with E-state index in [1.54, 1.807) is 20.0 Å². The minimum atomic E-state index is 0.0289. The summed E-state index contributed by atoms with van der Waals surface area (Å²) in [6.07, 6.45) is 6.43. The first-order chi connectivity index (χ1) is 10.5. The topological polar surface area (TPSA) is 65.2 Å². The number of H-pyrrole nitrogens is 1. The van der Waals surface area contributed by atoms with Crippen molar-refractivity contribution in [2.75, 3.05) is 13.1 Å². The molecule has 2 rings (SSSR count). The summed E-state index contributed by atoms with van der Waals surface area (Å²) in [6, 6.07) is 0.528. The van der Waals surface area contributed by atoms with Crippen LogP contribution >= 0.6 is 0 Å². The zero-order valence-electron chi connectivity index (χ0n) is 13.9. The monoisotopic (exact) mass is 305 g/mol. The Hall–Kier alpha value is -1.62. The minimum Gasteiger partial charge on any atom is -0.363 e. The Kier molecular flexibility index (Phi) is 5.77. The lowest BCUT2D eigenvalue weighted by Gasteiger charge is -2.34. The number of hydrogen-bond donors (Lipinski definition) is 2. The van der Waals surface area contributed by atoms with Crippen LogP contribution < -0.4 is 10.7 Å². The number of likely N-dealkylation sites (tertiary alicyclic amines) is 1. The van der Waals surface area contributed by atoms with E-state index in [9.17, 15) is 9.59 Å². The number of carbonyl (C=O) groups is 1. The number of hydrogen-bond acceptors (Lipinski definition) is 3. The summed E-state index contributed by atoms with van der Waals surface area (Å²) < 4.78 is 0. The summed E-state index contributed by atoms with van der Waals surface area (Å²) in [5.41, 5.74) is 2.22. The van der Waals surface area contributed by atoms with Gasteiger partial charge in [-0.1, -0.05) is 13.3 Å². The third kappa shape index (κ3) is 3.97. The number of aromatic nitrogens is 1. The molecular weight excluding hydrogens is 278 g/mol. The molecule has 0 radical (unpaired) electrons. The maximum Gasteiger partial charge on any atom is 0.234 e. The van der Waals surface area contributed by atoms with Crippen LogP contribution in [-0.4, -0.2) is 34.9 Å². The van der Waals surface area contributed by atoms with Gasteiger partial charge in [-0.05, 0) is 39.7 Å². The van der Waals surface area contributed by atoms with Crippen LogP contribution in [0, 0.1) is 13.8 Å². The third-order valence-corrected chi connectivity index (χ3v) is 4.64. The molecule has 22 heavy (non-hydrogen) atoms. The number of aromatic amines is 1. The number of nitrogens with zero attached hydrogens (tertiary/aromatic N) is 1. The van der Waals surface area contributed by atoms with Crippen LogP contribution in [0.4, 0.5) is 0 Å². The number of piperidine rings is 1. The van der Waals surface area contributed by atoms with Gasteiger partial charge in [0.1, 0.15) is 0 Å². The smallest absolute Gasteiger partial charge is 0.234 e. The lowest BCUT2D eigenvalue weighted by molar-refractivity contribution is -0.123. The van der Waals surface area contributed by atoms with Gasteiger partial charge in [-0.3, -0.25) is 14.5 Å². The zero-order chi connectivity index (χ0) is 16.1. The molecule has 0 saturated carbocycles. The van der Waals surface area contributed by atoms with Gasteiger partial charge >= 0.3 is 0 Å². The fourth-order valence-corrected chi connectivity index (χ4v) is 3.14. The molecule has 0 bridgehead atoms. The summed E-state index contributed by atoms with van der Waals surface area (Å²) in [5, 5.41) is 2.93. The molecule has 1 amide bonds. The van der Waals surface area contributed by atoms with E-state index in [-0.39, 0.29) is 11.3 Å². The lowest BCUT2D eigenvalue weighted by atomic mass is 10.00. The van der Waals surface area contributed by atoms with E-state index >= 15 is 0 Å². The van der Waals surface area contributed by atoms with Crippen molar-refractivity contribution in [3.05, 3.63) is 33.2 Å². The van der Waals surface area contributed by atoms with E-state index in [1.165, 1.54) is 19.3 Å². The molecule has 1 saturated heterocycles. The molecule has 2 heterocycles. The highest BCUT2D eigenvalue weighted by Crippen LogP contribution is 2.18. The Morgan fingerprint density at radius 2 is 2.18 bits per heavy atom. The van der Waals surface area contributed by atoms with Crippen LogP contribution in [0.1, 0.15) is 49.4 Å². The highest BCUT2D eigenvalue weighted by atomic mass is 16.2. The van der Waals surface area contributed by atoms with E-state index in [1.807, 2.05) is 0 Å². The number of pyridine rings is 1. The summed E-state index contributed by atoms with van der Waals surface area (Å²) in [6.45, 7) is 7.60. The molecule has 0 aromatic carbocycles. The van der Waals surface area contributed by atoms with Crippen molar-refractivity contribution < 1.29 is 4.79 Å². The predicted octanol–water partition coefficient (Wildman–Crippen LogP) is 1.87. The summed E-state index contributed by atoms with van der Waals surface area (Å²) in [5.74, 6) is 0.0289. The van der Waals surface area contributed by atoms with E-state index < -0.39 is 0 Å². The van der Waals surface area contributed by atoms with Crippen molar-refractivity contribution >= 4 is 5.91 Å². The highest BCUT2D eigenvalue weighted by molar-refractivity contribution is 5.78. The van der Waals surface area contributed by atoms with Crippen molar-refractivity contribution in [2.45, 2.75) is 59.0 Å². The van der Waals surface area contributed by atoms with Gasteiger partial charge in [0.25, 0.3) is 0 Å². The van der Waals surface area contributed by atoms with Crippen LogP contribution in [0.2, 0.25) is 0 Å². The Balaban J connectivity index is 1.90. The van der Waals surface area contributed by atoms with Crippen LogP contribution in [0.15, 0.2) is 11.0 Å². The number of nitrogens with one attached hydrogen (secondary N) is 2. The Morgan fingerprint density at radius 1 is 1.41 bits per heavy atom. The van der Waals surface area contributed by atoms with Gasteiger partial charge in [0, 0.05) is 29.1 Å². The van der Waals surface area contributed by atoms with Crippen LogP contribution in [0.3, 0.4) is 0 Å². The second-order valence-corrected chi connectivity index (χ2v) is 6.21. The highest BCUT2D eigenvalue weighted by Gasteiger charge is 2.22. The van der Waals surface area contributed by atoms with Crippen molar-refractivity contribution in [1.82, 2.24) is 15.2 Å². The van der Waals surface area contributed by atoms with Gasteiger partial charge < -0.3 is 10.3 Å². The maximum atomic E-state index is 12.2. The second-order valence-electron chi connectivity index (χ2n) is 6.21. The molecule has 5 nitrogen and oxygen atoms in total. The van der Waals surface area contributed by atoms with Crippen molar-refractivity contribution in [3.63, 3.8) is 0 Å². The van der Waals surface area contributed by atoms with Crippen LogP contribution in [0.25, 0.3) is 0 Å². The normalized spacial score (nSPS) is 19.1. The first kappa shape index (κ1) is 16.7. The van der Waals surface area contributed by atoms with Gasteiger partial charge in [-0.2, -0.15) is 0 Å². The fraction of sp³-hybridized carbons (Fsp3) is 0.647. The average molecular weight is 305 g/mol. The fourth-order valence-electron chi connectivity index (χ4n) is 3.14. The number of rotatable bonds is 5. The van der Waals surface area contributed by atoms with Gasteiger partial charge in [-0.15, -0.1) is 0 Å². The van der Waals surface area contributed by atoms with E-state index in [0.717, 1.165) is 18.7 Å². The zero-order valence-corrected chi connectivity index (χ0v) is 13.9. The predicted molar refractivity (Wildman–Crippen MR) is 87.9 cm³/mol. The standard InChI is InChI=1S/C17H27N3O2/c1-4-14-7-5-6-8-20(14)11-16(21)19-10-15-13(3)17(22)12(2)9-18-15/h9,14H,4-8,10-11H2,1-3H3,(H,18,22)(H,19,21). The minimum absolute atomic E-state index is 0.0289. The van der Waals surface area contributed by atoms with Crippen molar-refractivity contribution in [2.24, 2.45) is 0 Å². The largest absolute Gasteiger partial charge is 0.363 e. The molecule has 1 fully saturated rings. The molecule has 1 aromatic rings. The van der Waals surface area contributed by atoms with E-state index in [0.29, 0.717) is 30.3 Å². The van der Waals surface area contributed by atoms with Gasteiger partial charge in [0.15, 0.2) is 5.43 Å². The molecule has 2 N–H and O–H groups in total. The number of carbonyl (C=O) groups excluding carboxylic acids is 1. The number of aryl methyl sites for hydroxylation is 1. The second kappa shape index (κ2) is 7.58. The molecule has 5 heteroatoms. The Morgan fingerprint density at radius 3 is 2.91 bits per heavy atom. The van der Waals surface area contributed by atoms with Gasteiger partial charge in [0.05, 0.1) is 13.1 Å². The molecular formula is C17H27N3O2. The molecule has 1 aromatic heterocycles. The van der Waals surface area contributed by atoms with Gasteiger partial charge in [-0.25, -0.2) is 0 Å². The summed E-state index contributed by atoms with van der Waals surface area (Å²) >= 11 is 0. The molecule has 0 spiro atoms. The summed E-state index contributed by atoms with van der Waals surface area (Å²) in [4.78, 5) is 29.4. The third-order valence-electron chi connectivity index (χ3n) is 4.64. The SMILES string of the molecule is CCC1CCCCN1CC(=O)NCc1[nH]cc(C)c(=O)c1C. The lowest BCUT2D eigenvalue weighted by Crippen LogP contribution is -2.45. The molecule has 1 aliphatic rings. The molecule has 1 aliphatic heterocycles. The molecule has 1 unspecified atom stereocenters. The average Bonchev–Trinajstić information content (AvgIpc) is 2.52. The van der Waals surface area contributed by atoms with E-state index in [2.05, 4.69) is 22.1 Å². The first-order valence-electron chi connectivity index (χ1n) is 8.21. The quantitative estimate of drug-likeness (QED) is 0.873. The Labute approximate surface area is 132 Å². The van der Waals surface area contributed by atoms with Crippen LogP contribution in [-0.2, 0) is 11.3 Å². The van der Waals surface area contributed by atoms with Crippen LogP contribution in [0.5, 0.6) is 0 Å². The molecule has 122 valence electrons.